The molecule has 19 heavy (non-hydrogen) atoms. The number of halogens is 2. The van der Waals surface area contributed by atoms with E-state index < -0.39 is 10.7 Å². The van der Waals surface area contributed by atoms with E-state index in [4.69, 9.17) is 0 Å². The summed E-state index contributed by atoms with van der Waals surface area (Å²) in [4.78, 5) is 10.1. The Balaban J connectivity index is 2.38. The second kappa shape index (κ2) is 5.36. The van der Waals surface area contributed by atoms with Gasteiger partial charge in [0, 0.05) is 21.9 Å². The summed E-state index contributed by atoms with van der Waals surface area (Å²) in [7, 11) is 0. The van der Waals surface area contributed by atoms with Crippen molar-refractivity contribution in [1.82, 2.24) is 0 Å². The highest BCUT2D eigenvalue weighted by molar-refractivity contribution is 9.10. The van der Waals surface area contributed by atoms with Crippen molar-refractivity contribution in [3.63, 3.8) is 0 Å². The molecule has 0 aromatic heterocycles. The van der Waals surface area contributed by atoms with Gasteiger partial charge in [-0.1, -0.05) is 22.0 Å². The quantitative estimate of drug-likeness (QED) is 0.665. The van der Waals surface area contributed by atoms with Crippen molar-refractivity contribution in [1.29, 1.82) is 0 Å². The van der Waals surface area contributed by atoms with Crippen LogP contribution in [0.25, 0.3) is 0 Å². The number of nitro benzene ring substituents is 1. The summed E-state index contributed by atoms with van der Waals surface area (Å²) in [6.45, 7) is 1.89. The van der Waals surface area contributed by atoms with Crippen molar-refractivity contribution >= 4 is 33.0 Å². The molecule has 0 radical (unpaired) electrons. The first-order chi connectivity index (χ1) is 8.97. The predicted molar refractivity (Wildman–Crippen MR) is 75.2 cm³/mol. The Kier molecular flexibility index (Phi) is 3.80. The number of nitro groups is 1. The highest BCUT2D eigenvalue weighted by atomic mass is 79.9. The van der Waals surface area contributed by atoms with Gasteiger partial charge in [-0.15, -0.1) is 0 Å². The van der Waals surface area contributed by atoms with Crippen LogP contribution >= 0.6 is 15.9 Å². The van der Waals surface area contributed by atoms with Gasteiger partial charge in [-0.3, -0.25) is 10.1 Å². The van der Waals surface area contributed by atoms with Crippen LogP contribution in [0, 0.1) is 22.9 Å². The lowest BCUT2D eigenvalue weighted by atomic mass is 10.2. The Bertz CT molecular complexity index is 647. The van der Waals surface area contributed by atoms with Gasteiger partial charge in [0.1, 0.15) is 5.82 Å². The van der Waals surface area contributed by atoms with Crippen LogP contribution in [0.3, 0.4) is 0 Å². The van der Waals surface area contributed by atoms with E-state index in [2.05, 4.69) is 21.2 Å². The zero-order valence-electron chi connectivity index (χ0n) is 9.98. The summed E-state index contributed by atoms with van der Waals surface area (Å²) < 4.78 is 14.2. The summed E-state index contributed by atoms with van der Waals surface area (Å²) in [5.41, 5.74) is 1.76. The van der Waals surface area contributed by atoms with Gasteiger partial charge in [0.15, 0.2) is 0 Å². The van der Waals surface area contributed by atoms with E-state index in [1.807, 2.05) is 25.1 Å². The highest BCUT2D eigenvalue weighted by Gasteiger charge is 2.10. The van der Waals surface area contributed by atoms with Gasteiger partial charge < -0.3 is 5.32 Å². The predicted octanol–water partition coefficient (Wildman–Crippen LogP) is 4.55. The van der Waals surface area contributed by atoms with Crippen LogP contribution in [0.4, 0.5) is 21.5 Å². The maximum atomic E-state index is 13.3. The Morgan fingerprint density at radius 1 is 1.32 bits per heavy atom. The molecule has 0 unspecified atom stereocenters. The molecule has 98 valence electrons. The molecule has 0 bridgehead atoms. The minimum Gasteiger partial charge on any atom is -0.355 e. The van der Waals surface area contributed by atoms with Crippen molar-refractivity contribution in [2.24, 2.45) is 0 Å². The van der Waals surface area contributed by atoms with E-state index in [9.17, 15) is 14.5 Å². The third-order valence-corrected chi connectivity index (χ3v) is 3.50. The minimum absolute atomic E-state index is 0.282. The number of rotatable bonds is 3. The average molecular weight is 325 g/mol. The molecule has 1 N–H and O–H groups in total. The second-order valence-corrected chi connectivity index (χ2v) is 4.85. The van der Waals surface area contributed by atoms with Crippen LogP contribution in [0.1, 0.15) is 5.56 Å². The molecule has 0 heterocycles. The van der Waals surface area contributed by atoms with E-state index >= 15 is 0 Å². The van der Waals surface area contributed by atoms with Gasteiger partial charge in [-0.05, 0) is 30.7 Å². The molecule has 6 heteroatoms. The topological polar surface area (TPSA) is 55.2 Å². The third-order valence-electron chi connectivity index (χ3n) is 2.64. The smallest absolute Gasteiger partial charge is 0.274 e. The number of benzene rings is 2. The van der Waals surface area contributed by atoms with Crippen molar-refractivity contribution in [3.8, 4) is 0 Å². The molecule has 2 aromatic carbocycles. The molecule has 2 rings (SSSR count). The van der Waals surface area contributed by atoms with Crippen LogP contribution in [0.15, 0.2) is 40.9 Å². The van der Waals surface area contributed by atoms with Crippen LogP contribution in [0.2, 0.25) is 0 Å². The molecule has 0 aliphatic rings. The monoisotopic (exact) mass is 324 g/mol. The van der Waals surface area contributed by atoms with E-state index in [0.717, 1.165) is 21.8 Å². The van der Waals surface area contributed by atoms with E-state index in [0.29, 0.717) is 5.69 Å². The largest absolute Gasteiger partial charge is 0.355 e. The summed E-state index contributed by atoms with van der Waals surface area (Å²) in [5.74, 6) is -0.649. The maximum absolute atomic E-state index is 13.3. The fourth-order valence-electron chi connectivity index (χ4n) is 1.65. The number of hydrogen-bond acceptors (Lipinski definition) is 3. The summed E-state index contributed by atoms with van der Waals surface area (Å²) >= 11 is 3.39. The van der Waals surface area contributed by atoms with Crippen molar-refractivity contribution < 1.29 is 9.31 Å². The number of hydrogen-bond donors (Lipinski definition) is 1. The first-order valence-corrected chi connectivity index (χ1v) is 6.24. The van der Waals surface area contributed by atoms with Crippen molar-refractivity contribution in [2.75, 3.05) is 5.32 Å². The highest BCUT2D eigenvalue weighted by Crippen LogP contribution is 2.28. The number of nitrogens with one attached hydrogen (secondary N) is 1. The molecular weight excluding hydrogens is 315 g/mol. The fraction of sp³-hybridized carbons (Fsp3) is 0.0769. The molecule has 0 aliphatic carbocycles. The molecule has 4 nitrogen and oxygen atoms in total. The number of anilines is 2. The lowest BCUT2D eigenvalue weighted by Crippen LogP contribution is -1.96. The average Bonchev–Trinajstić information content (AvgIpc) is 2.34. The van der Waals surface area contributed by atoms with Gasteiger partial charge >= 0.3 is 0 Å². The van der Waals surface area contributed by atoms with Gasteiger partial charge in [-0.2, -0.15) is 0 Å². The second-order valence-electron chi connectivity index (χ2n) is 3.99. The standard InChI is InChI=1S/C13H10BrFN2O2/c1-8-12(14)3-2-4-13(8)16-10-5-9(15)6-11(7-10)17(18)19/h2-7,16H,1H3. The van der Waals surface area contributed by atoms with Crippen LogP contribution in [0.5, 0.6) is 0 Å². The minimum atomic E-state index is -0.649. The molecule has 0 fully saturated rings. The van der Waals surface area contributed by atoms with Crippen LogP contribution in [-0.2, 0) is 0 Å². The van der Waals surface area contributed by atoms with Gasteiger partial charge in [0.2, 0.25) is 0 Å². The zero-order valence-corrected chi connectivity index (χ0v) is 11.6. The first kappa shape index (κ1) is 13.5. The normalized spacial score (nSPS) is 10.3. The molecule has 0 aliphatic heterocycles. The fourth-order valence-corrected chi connectivity index (χ4v) is 2.02. The lowest BCUT2D eigenvalue weighted by molar-refractivity contribution is -0.385. The van der Waals surface area contributed by atoms with Crippen LogP contribution < -0.4 is 5.32 Å². The SMILES string of the molecule is Cc1c(Br)cccc1Nc1cc(F)cc([N+](=O)[O-])c1. The van der Waals surface area contributed by atoms with Crippen molar-refractivity contribution in [3.05, 3.63) is 62.4 Å². The molecule has 0 spiro atoms. The molecule has 2 aromatic rings. The maximum Gasteiger partial charge on any atom is 0.274 e. The van der Waals surface area contributed by atoms with Gasteiger partial charge in [0.05, 0.1) is 11.0 Å². The van der Waals surface area contributed by atoms with E-state index in [1.165, 1.54) is 12.1 Å². The lowest BCUT2D eigenvalue weighted by Gasteiger charge is -2.10. The summed E-state index contributed by atoms with van der Waals surface area (Å²) in [6, 6.07) is 8.92. The third kappa shape index (κ3) is 3.08. The number of non-ortho nitro benzene ring substituents is 1. The molecule has 0 saturated heterocycles. The molecule has 0 saturated carbocycles. The molecule has 0 amide bonds. The Labute approximate surface area is 117 Å². The summed E-state index contributed by atoms with van der Waals surface area (Å²) in [6.07, 6.45) is 0. The molecular formula is C13H10BrFN2O2. The Morgan fingerprint density at radius 3 is 2.74 bits per heavy atom. The van der Waals surface area contributed by atoms with E-state index in [-0.39, 0.29) is 5.69 Å². The van der Waals surface area contributed by atoms with Gasteiger partial charge in [0.25, 0.3) is 5.69 Å². The first-order valence-electron chi connectivity index (χ1n) is 5.44. The summed E-state index contributed by atoms with van der Waals surface area (Å²) in [5, 5.41) is 13.7. The Hall–Kier alpha value is -1.95. The van der Waals surface area contributed by atoms with E-state index in [1.54, 1.807) is 0 Å². The van der Waals surface area contributed by atoms with Gasteiger partial charge in [-0.25, -0.2) is 4.39 Å². The number of nitrogens with zero attached hydrogens (tertiary/aromatic N) is 1. The van der Waals surface area contributed by atoms with Crippen molar-refractivity contribution in [2.45, 2.75) is 6.92 Å². The molecule has 0 atom stereocenters. The van der Waals surface area contributed by atoms with Crippen LogP contribution in [-0.4, -0.2) is 4.92 Å². The Morgan fingerprint density at radius 2 is 2.05 bits per heavy atom. The zero-order chi connectivity index (χ0) is 14.0.